The first-order valence-electron chi connectivity index (χ1n) is 10.0. The van der Waals surface area contributed by atoms with Gasteiger partial charge in [0.05, 0.1) is 36.6 Å². The van der Waals surface area contributed by atoms with E-state index < -0.39 is 33.3 Å². The summed E-state index contributed by atoms with van der Waals surface area (Å²) in [6.45, 7) is 0.564. The summed E-state index contributed by atoms with van der Waals surface area (Å²) in [5, 5.41) is 14.9. The Morgan fingerprint density at radius 2 is 1.94 bits per heavy atom. The third-order valence-corrected chi connectivity index (χ3v) is 6.00. The lowest BCUT2D eigenvalue weighted by molar-refractivity contribution is -0.384. The van der Waals surface area contributed by atoms with Gasteiger partial charge in [-0.2, -0.15) is 13.5 Å². The molecule has 14 heteroatoms. The lowest BCUT2D eigenvalue weighted by atomic mass is 10.1. The molecule has 0 spiro atoms. The van der Waals surface area contributed by atoms with Crippen LogP contribution in [-0.2, 0) is 37.0 Å². The van der Waals surface area contributed by atoms with Gasteiger partial charge in [0.25, 0.3) is 21.7 Å². The molecule has 1 saturated heterocycles. The number of fused-ring (bicyclic) bond motifs is 1. The Hall–Kier alpha value is -3.52. The first-order chi connectivity index (χ1) is 15.6. The number of carbonyl (C=O) groups is 2. The number of hydrogen-bond acceptors (Lipinski definition) is 9. The predicted molar refractivity (Wildman–Crippen MR) is 113 cm³/mol. The first kappa shape index (κ1) is 22.7. The maximum absolute atomic E-state index is 13.3. The standard InChI is InChI=1S/C19H21N5O8S/c1-33(29,30)32-15-10-16(18(25)21-8-9-23-17(21)6-7-20-23)22(11-15)19(26)31-12-13-2-4-14(5-3-13)24(27)28/h2-7,15-16H,8-12H2,1H3/t15-,16+/m1/s1. The van der Waals surface area contributed by atoms with E-state index in [1.54, 1.807) is 16.9 Å². The van der Waals surface area contributed by atoms with E-state index in [1.807, 2.05) is 0 Å². The van der Waals surface area contributed by atoms with Crippen LogP contribution < -0.4 is 4.90 Å². The van der Waals surface area contributed by atoms with Crippen LogP contribution in [0, 0.1) is 10.1 Å². The zero-order chi connectivity index (χ0) is 23.8. The summed E-state index contributed by atoms with van der Waals surface area (Å²) in [6, 6.07) is 6.19. The summed E-state index contributed by atoms with van der Waals surface area (Å²) in [6.07, 6.45) is 0.740. The van der Waals surface area contributed by atoms with Gasteiger partial charge in [0, 0.05) is 31.2 Å². The number of carbonyl (C=O) groups excluding carboxylic acids is 2. The van der Waals surface area contributed by atoms with Crippen molar-refractivity contribution in [1.29, 1.82) is 0 Å². The molecule has 2 aliphatic heterocycles. The van der Waals surface area contributed by atoms with Crippen molar-refractivity contribution in [1.82, 2.24) is 14.7 Å². The molecule has 2 aliphatic rings. The Morgan fingerprint density at radius 3 is 2.61 bits per heavy atom. The summed E-state index contributed by atoms with van der Waals surface area (Å²) in [4.78, 5) is 39.0. The Morgan fingerprint density at radius 1 is 1.21 bits per heavy atom. The van der Waals surface area contributed by atoms with Gasteiger partial charge in [0.15, 0.2) is 0 Å². The maximum atomic E-state index is 13.3. The number of likely N-dealkylation sites (tertiary alicyclic amines) is 1. The van der Waals surface area contributed by atoms with Crippen molar-refractivity contribution in [2.24, 2.45) is 0 Å². The molecule has 0 radical (unpaired) electrons. The van der Waals surface area contributed by atoms with Gasteiger partial charge in [0.1, 0.15) is 18.5 Å². The summed E-state index contributed by atoms with van der Waals surface area (Å²) < 4.78 is 35.2. The van der Waals surface area contributed by atoms with Crippen LogP contribution in [0.5, 0.6) is 0 Å². The third-order valence-electron chi connectivity index (χ3n) is 5.37. The minimum Gasteiger partial charge on any atom is -0.445 e. The number of benzene rings is 1. The van der Waals surface area contributed by atoms with Crippen LogP contribution in [0.3, 0.4) is 0 Å². The smallest absolute Gasteiger partial charge is 0.410 e. The van der Waals surface area contributed by atoms with Crippen LogP contribution in [0.15, 0.2) is 36.5 Å². The second-order valence-electron chi connectivity index (χ2n) is 7.71. The third kappa shape index (κ3) is 4.96. The zero-order valence-corrected chi connectivity index (χ0v) is 18.4. The van der Waals surface area contributed by atoms with Crippen molar-refractivity contribution in [3.63, 3.8) is 0 Å². The fraction of sp³-hybridized carbons (Fsp3) is 0.421. The van der Waals surface area contributed by atoms with E-state index in [0.717, 1.165) is 11.2 Å². The number of aromatic nitrogens is 2. The average Bonchev–Trinajstić information content (AvgIpc) is 3.46. The van der Waals surface area contributed by atoms with Gasteiger partial charge in [-0.3, -0.25) is 28.9 Å². The van der Waals surface area contributed by atoms with Crippen LogP contribution in [-0.4, -0.2) is 71.5 Å². The molecule has 33 heavy (non-hydrogen) atoms. The predicted octanol–water partition coefficient (Wildman–Crippen LogP) is 0.894. The largest absolute Gasteiger partial charge is 0.445 e. The summed E-state index contributed by atoms with van der Waals surface area (Å²) in [5.74, 6) is 0.202. The Bertz CT molecular complexity index is 1180. The molecule has 13 nitrogen and oxygen atoms in total. The van der Waals surface area contributed by atoms with Gasteiger partial charge >= 0.3 is 6.09 Å². The van der Waals surface area contributed by atoms with Gasteiger partial charge < -0.3 is 4.74 Å². The van der Waals surface area contributed by atoms with Crippen LogP contribution in [0.4, 0.5) is 16.3 Å². The van der Waals surface area contributed by atoms with E-state index in [4.69, 9.17) is 8.92 Å². The highest BCUT2D eigenvalue weighted by atomic mass is 32.2. The van der Waals surface area contributed by atoms with E-state index in [9.17, 15) is 28.1 Å². The molecule has 2 amide bonds. The Kier molecular flexibility index (Phi) is 6.03. The number of ether oxygens (including phenoxy) is 1. The molecule has 0 bridgehead atoms. The second kappa shape index (κ2) is 8.78. The molecule has 176 valence electrons. The molecule has 2 atom stereocenters. The molecule has 0 N–H and O–H groups in total. The van der Waals surface area contributed by atoms with E-state index in [0.29, 0.717) is 24.5 Å². The normalized spacial score (nSPS) is 20.0. The van der Waals surface area contributed by atoms with E-state index in [1.165, 1.54) is 29.2 Å². The second-order valence-corrected chi connectivity index (χ2v) is 9.31. The zero-order valence-electron chi connectivity index (χ0n) is 17.6. The molecule has 0 saturated carbocycles. The fourth-order valence-electron chi connectivity index (χ4n) is 3.93. The lowest BCUT2D eigenvalue weighted by Gasteiger charge is -2.26. The molecule has 0 aliphatic carbocycles. The molecular weight excluding hydrogens is 458 g/mol. The van der Waals surface area contributed by atoms with E-state index in [2.05, 4.69) is 5.10 Å². The van der Waals surface area contributed by atoms with Crippen LogP contribution >= 0.6 is 0 Å². The number of nitro groups is 1. The highest BCUT2D eigenvalue weighted by molar-refractivity contribution is 7.86. The molecule has 3 heterocycles. The fourth-order valence-corrected chi connectivity index (χ4v) is 4.57. The number of anilines is 1. The van der Waals surface area contributed by atoms with E-state index >= 15 is 0 Å². The molecule has 1 fully saturated rings. The topological polar surface area (TPSA) is 154 Å². The van der Waals surface area contributed by atoms with Crippen molar-refractivity contribution >= 4 is 33.6 Å². The summed E-state index contributed by atoms with van der Waals surface area (Å²) in [7, 11) is -3.80. The molecule has 4 rings (SSSR count). The average molecular weight is 479 g/mol. The van der Waals surface area contributed by atoms with Gasteiger partial charge in [-0.05, 0) is 17.7 Å². The van der Waals surface area contributed by atoms with Gasteiger partial charge in [-0.25, -0.2) is 9.48 Å². The monoisotopic (exact) mass is 479 g/mol. The first-order valence-corrected chi connectivity index (χ1v) is 11.8. The van der Waals surface area contributed by atoms with Crippen LogP contribution in [0.25, 0.3) is 0 Å². The molecule has 2 aromatic rings. The van der Waals surface area contributed by atoms with Crippen molar-refractivity contribution in [3.8, 4) is 0 Å². The summed E-state index contributed by atoms with van der Waals surface area (Å²) in [5.41, 5.74) is 0.421. The summed E-state index contributed by atoms with van der Waals surface area (Å²) >= 11 is 0. The number of rotatable bonds is 6. The van der Waals surface area contributed by atoms with Crippen molar-refractivity contribution in [2.45, 2.75) is 31.7 Å². The number of nitro benzene ring substituents is 1. The Labute approximate surface area is 188 Å². The van der Waals surface area contributed by atoms with Crippen molar-refractivity contribution in [2.75, 3.05) is 24.2 Å². The number of nitrogens with zero attached hydrogens (tertiary/aromatic N) is 5. The maximum Gasteiger partial charge on any atom is 0.410 e. The number of hydrogen-bond donors (Lipinski definition) is 0. The van der Waals surface area contributed by atoms with Gasteiger partial charge in [-0.1, -0.05) is 0 Å². The van der Waals surface area contributed by atoms with Crippen LogP contribution in [0.1, 0.15) is 12.0 Å². The molecule has 0 unspecified atom stereocenters. The molecule has 1 aromatic carbocycles. The highest BCUT2D eigenvalue weighted by Crippen LogP contribution is 2.28. The minimum atomic E-state index is -3.80. The minimum absolute atomic E-state index is 0.0107. The lowest BCUT2D eigenvalue weighted by Crippen LogP contribution is -2.47. The number of non-ortho nitro benzene ring substituents is 1. The van der Waals surface area contributed by atoms with E-state index in [-0.39, 0.29) is 31.2 Å². The Balaban J connectivity index is 1.48. The molecule has 1 aromatic heterocycles. The van der Waals surface area contributed by atoms with Crippen molar-refractivity contribution < 1.29 is 31.9 Å². The van der Waals surface area contributed by atoms with Crippen molar-refractivity contribution in [3.05, 3.63) is 52.2 Å². The number of amides is 2. The van der Waals surface area contributed by atoms with Gasteiger partial charge in [0.2, 0.25) is 0 Å². The highest BCUT2D eigenvalue weighted by Gasteiger charge is 2.45. The van der Waals surface area contributed by atoms with Gasteiger partial charge in [-0.15, -0.1) is 0 Å². The van der Waals surface area contributed by atoms with Crippen LogP contribution in [0.2, 0.25) is 0 Å². The quantitative estimate of drug-likeness (QED) is 0.334. The molecular formula is C19H21N5O8S. The SMILES string of the molecule is CS(=O)(=O)O[C@@H]1C[C@@H](C(=O)N2CCn3nccc32)N(C(=O)OCc2ccc([N+](=O)[O-])cc2)C1.